The van der Waals surface area contributed by atoms with Crippen molar-refractivity contribution in [3.05, 3.63) is 29.0 Å². The van der Waals surface area contributed by atoms with Gasteiger partial charge in [0.25, 0.3) is 0 Å². The van der Waals surface area contributed by atoms with E-state index >= 15 is 0 Å². The Hall–Kier alpha value is -2.28. The number of halogens is 1. The SMILES string of the molecule is COc1nc(Cl)nc(OCc2ccc3c(c2)OCO3)n1. The second kappa shape index (κ2) is 5.38. The predicted octanol–water partition coefficient (Wildman–Crippen LogP) is 1.84. The van der Waals surface area contributed by atoms with Crippen LogP contribution < -0.4 is 18.9 Å². The standard InChI is InChI=1S/C12H10ClN3O4/c1-17-11-14-10(13)15-12(16-11)18-5-7-2-3-8-9(4-7)20-6-19-8/h2-4H,5-6H2,1H3. The summed E-state index contributed by atoms with van der Waals surface area (Å²) >= 11 is 5.73. The summed E-state index contributed by atoms with van der Waals surface area (Å²) in [6.45, 7) is 0.500. The molecule has 0 amide bonds. The van der Waals surface area contributed by atoms with Crippen LogP contribution in [0.2, 0.25) is 5.28 Å². The van der Waals surface area contributed by atoms with Crippen LogP contribution in [0.3, 0.4) is 0 Å². The van der Waals surface area contributed by atoms with Crippen molar-refractivity contribution in [2.45, 2.75) is 6.61 Å². The van der Waals surface area contributed by atoms with Crippen molar-refractivity contribution in [2.24, 2.45) is 0 Å². The molecule has 104 valence electrons. The van der Waals surface area contributed by atoms with Crippen LogP contribution in [0.25, 0.3) is 0 Å². The maximum absolute atomic E-state index is 5.73. The Labute approximate surface area is 119 Å². The van der Waals surface area contributed by atoms with Crippen molar-refractivity contribution < 1.29 is 18.9 Å². The van der Waals surface area contributed by atoms with Crippen LogP contribution in [0.4, 0.5) is 0 Å². The zero-order chi connectivity index (χ0) is 13.9. The highest BCUT2D eigenvalue weighted by Gasteiger charge is 2.14. The molecule has 1 aromatic carbocycles. The van der Waals surface area contributed by atoms with Gasteiger partial charge < -0.3 is 18.9 Å². The number of ether oxygens (including phenoxy) is 4. The highest BCUT2D eigenvalue weighted by atomic mass is 35.5. The van der Waals surface area contributed by atoms with Crippen molar-refractivity contribution >= 4 is 11.6 Å². The highest BCUT2D eigenvalue weighted by Crippen LogP contribution is 2.32. The molecule has 1 aliphatic heterocycles. The van der Waals surface area contributed by atoms with Crippen molar-refractivity contribution in [2.75, 3.05) is 13.9 Å². The Kier molecular flexibility index (Phi) is 3.42. The number of benzene rings is 1. The summed E-state index contributed by atoms with van der Waals surface area (Å²) in [6.07, 6.45) is 0. The lowest BCUT2D eigenvalue weighted by Crippen LogP contribution is -2.02. The summed E-state index contributed by atoms with van der Waals surface area (Å²) < 4.78 is 20.9. The minimum atomic E-state index is 0.0116. The van der Waals surface area contributed by atoms with Crippen LogP contribution in [-0.4, -0.2) is 28.9 Å². The van der Waals surface area contributed by atoms with Crippen molar-refractivity contribution in [3.63, 3.8) is 0 Å². The second-order valence-corrected chi connectivity index (χ2v) is 4.19. The average Bonchev–Trinajstić information content (AvgIpc) is 2.92. The summed E-state index contributed by atoms with van der Waals surface area (Å²) in [5, 5.41) is 0.0116. The number of nitrogens with zero attached hydrogens (tertiary/aromatic N) is 3. The molecule has 0 spiro atoms. The van der Waals surface area contributed by atoms with Crippen molar-refractivity contribution in [1.82, 2.24) is 15.0 Å². The summed E-state index contributed by atoms with van der Waals surface area (Å²) in [5.41, 5.74) is 0.893. The monoisotopic (exact) mass is 295 g/mol. The van der Waals surface area contributed by atoms with Crippen LogP contribution in [0, 0.1) is 0 Å². The molecular weight excluding hydrogens is 286 g/mol. The van der Waals surface area contributed by atoms with Gasteiger partial charge in [0, 0.05) is 0 Å². The molecule has 0 saturated heterocycles. The lowest BCUT2D eigenvalue weighted by molar-refractivity contribution is 0.174. The molecular formula is C12H10ClN3O4. The van der Waals surface area contributed by atoms with Gasteiger partial charge in [0.05, 0.1) is 7.11 Å². The van der Waals surface area contributed by atoms with E-state index in [1.54, 1.807) is 0 Å². The van der Waals surface area contributed by atoms with E-state index in [-0.39, 0.29) is 30.7 Å². The van der Waals surface area contributed by atoms with Gasteiger partial charge in [0.2, 0.25) is 12.1 Å². The molecule has 1 aliphatic rings. The molecule has 0 unspecified atom stereocenters. The topological polar surface area (TPSA) is 75.6 Å². The number of methoxy groups -OCH3 is 1. The normalized spacial score (nSPS) is 12.3. The van der Waals surface area contributed by atoms with Crippen LogP contribution in [0.1, 0.15) is 5.56 Å². The van der Waals surface area contributed by atoms with E-state index in [1.165, 1.54) is 7.11 Å². The molecule has 0 N–H and O–H groups in total. The molecule has 2 aromatic rings. The predicted molar refractivity (Wildman–Crippen MR) is 68.3 cm³/mol. The summed E-state index contributed by atoms with van der Waals surface area (Å²) in [4.78, 5) is 11.5. The van der Waals surface area contributed by atoms with E-state index in [0.717, 1.165) is 11.3 Å². The maximum Gasteiger partial charge on any atom is 0.324 e. The highest BCUT2D eigenvalue weighted by molar-refractivity contribution is 6.28. The van der Waals surface area contributed by atoms with Gasteiger partial charge in [0.1, 0.15) is 6.61 Å². The van der Waals surface area contributed by atoms with E-state index in [1.807, 2.05) is 18.2 Å². The number of fused-ring (bicyclic) bond motifs is 1. The molecule has 0 fully saturated rings. The molecule has 0 radical (unpaired) electrons. The fourth-order valence-electron chi connectivity index (χ4n) is 1.65. The molecule has 0 bridgehead atoms. The van der Waals surface area contributed by atoms with Gasteiger partial charge in [0.15, 0.2) is 11.5 Å². The molecule has 8 heteroatoms. The lowest BCUT2D eigenvalue weighted by atomic mass is 10.2. The van der Waals surface area contributed by atoms with E-state index in [9.17, 15) is 0 Å². The first-order chi connectivity index (χ1) is 9.74. The van der Waals surface area contributed by atoms with E-state index in [4.69, 9.17) is 30.5 Å². The number of rotatable bonds is 4. The first-order valence-corrected chi connectivity index (χ1v) is 6.09. The van der Waals surface area contributed by atoms with Gasteiger partial charge in [-0.3, -0.25) is 0 Å². The first-order valence-electron chi connectivity index (χ1n) is 5.71. The van der Waals surface area contributed by atoms with Gasteiger partial charge in [-0.2, -0.15) is 9.97 Å². The number of aromatic nitrogens is 3. The minimum Gasteiger partial charge on any atom is -0.467 e. The molecule has 0 saturated carbocycles. The van der Waals surface area contributed by atoms with Gasteiger partial charge >= 0.3 is 12.0 Å². The second-order valence-electron chi connectivity index (χ2n) is 3.85. The van der Waals surface area contributed by atoms with E-state index in [2.05, 4.69) is 15.0 Å². The van der Waals surface area contributed by atoms with Crippen LogP contribution >= 0.6 is 11.6 Å². The molecule has 3 rings (SSSR count). The molecule has 20 heavy (non-hydrogen) atoms. The Balaban J connectivity index is 1.71. The van der Waals surface area contributed by atoms with Crippen LogP contribution in [0.15, 0.2) is 18.2 Å². The average molecular weight is 296 g/mol. The molecule has 0 atom stereocenters. The number of hydrogen-bond acceptors (Lipinski definition) is 7. The Morgan fingerprint density at radius 1 is 1.15 bits per heavy atom. The van der Waals surface area contributed by atoms with Gasteiger partial charge in [-0.05, 0) is 29.3 Å². The Morgan fingerprint density at radius 3 is 2.80 bits per heavy atom. The van der Waals surface area contributed by atoms with E-state index < -0.39 is 0 Å². The summed E-state index contributed by atoms with van der Waals surface area (Å²) in [5.74, 6) is 1.41. The quantitative estimate of drug-likeness (QED) is 0.852. The third-order valence-corrected chi connectivity index (χ3v) is 2.72. The smallest absolute Gasteiger partial charge is 0.324 e. The zero-order valence-corrected chi connectivity index (χ0v) is 11.3. The molecule has 1 aromatic heterocycles. The maximum atomic E-state index is 5.73. The molecule has 7 nitrogen and oxygen atoms in total. The Bertz CT molecular complexity index is 638. The van der Waals surface area contributed by atoms with Gasteiger partial charge in [-0.15, -0.1) is 4.98 Å². The first kappa shape index (κ1) is 12.7. The molecule has 2 heterocycles. The van der Waals surface area contributed by atoms with Gasteiger partial charge in [-0.1, -0.05) is 6.07 Å². The Morgan fingerprint density at radius 2 is 1.95 bits per heavy atom. The van der Waals surface area contributed by atoms with Gasteiger partial charge in [-0.25, -0.2) is 0 Å². The third kappa shape index (κ3) is 2.67. The largest absolute Gasteiger partial charge is 0.467 e. The molecule has 0 aliphatic carbocycles. The number of hydrogen-bond donors (Lipinski definition) is 0. The fourth-order valence-corrected chi connectivity index (χ4v) is 1.79. The fraction of sp³-hybridized carbons (Fsp3) is 0.250. The van der Waals surface area contributed by atoms with Crippen molar-refractivity contribution in [1.29, 1.82) is 0 Å². The summed E-state index contributed by atoms with van der Waals surface area (Å²) in [6, 6.07) is 5.72. The van der Waals surface area contributed by atoms with Crippen LogP contribution in [0.5, 0.6) is 23.5 Å². The minimum absolute atomic E-state index is 0.0116. The van der Waals surface area contributed by atoms with Crippen molar-refractivity contribution in [3.8, 4) is 23.5 Å². The summed E-state index contributed by atoms with van der Waals surface area (Å²) in [7, 11) is 1.44. The zero-order valence-electron chi connectivity index (χ0n) is 10.5. The third-order valence-electron chi connectivity index (χ3n) is 2.55. The van der Waals surface area contributed by atoms with Crippen LogP contribution in [-0.2, 0) is 6.61 Å². The van der Waals surface area contributed by atoms with E-state index in [0.29, 0.717) is 5.75 Å². The lowest BCUT2D eigenvalue weighted by Gasteiger charge is -2.06.